The fraction of sp³-hybridized carbons (Fsp3) is 0.435. The molecule has 7 heteroatoms. The van der Waals surface area contributed by atoms with Crippen molar-refractivity contribution < 1.29 is 14.2 Å². The molecule has 4 N–H and O–H groups in total. The minimum atomic E-state index is -0.155. The molecule has 0 spiro atoms. The van der Waals surface area contributed by atoms with Crippen molar-refractivity contribution in [2.45, 2.75) is 31.3 Å². The zero-order valence-electron chi connectivity index (χ0n) is 18.0. The lowest BCUT2D eigenvalue weighted by atomic mass is 9.88. The maximum atomic E-state index is 6.19. The number of hydrogen-bond acceptors (Lipinski definition) is 5. The van der Waals surface area contributed by atoms with Gasteiger partial charge in [0.2, 0.25) is 0 Å². The second-order valence-electron chi connectivity index (χ2n) is 7.57. The molecule has 3 rings (SSSR count). The fourth-order valence-corrected chi connectivity index (χ4v) is 3.73. The number of anilines is 1. The van der Waals surface area contributed by atoms with Crippen molar-refractivity contribution in [1.29, 1.82) is 0 Å². The smallest absolute Gasteiger partial charge is 0.193 e. The van der Waals surface area contributed by atoms with Crippen molar-refractivity contribution in [3.8, 4) is 11.5 Å². The summed E-state index contributed by atoms with van der Waals surface area (Å²) in [6, 6.07) is 16.2. The summed E-state index contributed by atoms with van der Waals surface area (Å²) in [7, 11) is 3.21. The van der Waals surface area contributed by atoms with E-state index in [-0.39, 0.29) is 11.6 Å². The van der Waals surface area contributed by atoms with Crippen molar-refractivity contribution in [3.63, 3.8) is 0 Å². The first kappa shape index (κ1) is 21.9. The van der Waals surface area contributed by atoms with E-state index in [1.165, 1.54) is 5.56 Å². The van der Waals surface area contributed by atoms with Gasteiger partial charge in [-0.3, -0.25) is 4.99 Å². The molecular formula is C23H32N4O3. The van der Waals surface area contributed by atoms with Crippen LogP contribution in [-0.4, -0.2) is 45.5 Å². The zero-order valence-corrected chi connectivity index (χ0v) is 18.0. The van der Waals surface area contributed by atoms with E-state index in [4.69, 9.17) is 19.9 Å². The first-order valence-electron chi connectivity index (χ1n) is 10.2. The van der Waals surface area contributed by atoms with Gasteiger partial charge in [-0.2, -0.15) is 0 Å². The van der Waals surface area contributed by atoms with Gasteiger partial charge < -0.3 is 30.6 Å². The highest BCUT2D eigenvalue weighted by molar-refractivity contribution is 5.92. The lowest BCUT2D eigenvalue weighted by molar-refractivity contribution is 0.0375. The minimum Gasteiger partial charge on any atom is -0.493 e. The Balaban J connectivity index is 1.69. The van der Waals surface area contributed by atoms with Crippen molar-refractivity contribution in [1.82, 2.24) is 5.32 Å². The van der Waals surface area contributed by atoms with Crippen LogP contribution in [-0.2, 0) is 4.74 Å². The molecule has 162 valence electrons. The van der Waals surface area contributed by atoms with Crippen molar-refractivity contribution in [2.75, 3.05) is 39.3 Å². The molecule has 1 fully saturated rings. The van der Waals surface area contributed by atoms with Crippen LogP contribution in [0.2, 0.25) is 0 Å². The quantitative estimate of drug-likeness (QED) is 0.455. The molecule has 0 aromatic heterocycles. The fourth-order valence-electron chi connectivity index (χ4n) is 3.73. The zero-order chi connectivity index (χ0) is 21.4. The average molecular weight is 413 g/mol. The van der Waals surface area contributed by atoms with Crippen LogP contribution in [0.4, 0.5) is 5.69 Å². The molecular weight excluding hydrogens is 380 g/mol. The third kappa shape index (κ3) is 5.64. The summed E-state index contributed by atoms with van der Waals surface area (Å²) in [6.45, 7) is 4.18. The van der Waals surface area contributed by atoms with E-state index < -0.39 is 0 Å². The summed E-state index contributed by atoms with van der Waals surface area (Å²) in [4.78, 5) is 4.65. The van der Waals surface area contributed by atoms with E-state index in [0.29, 0.717) is 37.2 Å². The van der Waals surface area contributed by atoms with Crippen molar-refractivity contribution in [2.24, 2.45) is 10.7 Å². The van der Waals surface area contributed by atoms with Crippen molar-refractivity contribution in [3.05, 3.63) is 54.1 Å². The Morgan fingerprint density at radius 2 is 1.80 bits per heavy atom. The third-order valence-corrected chi connectivity index (χ3v) is 5.48. The van der Waals surface area contributed by atoms with Gasteiger partial charge >= 0.3 is 0 Å². The summed E-state index contributed by atoms with van der Waals surface area (Å²) in [5, 5.41) is 6.94. The topological polar surface area (TPSA) is 90.1 Å². The molecule has 0 radical (unpaired) electrons. The molecule has 7 nitrogen and oxygen atoms in total. The Bertz CT molecular complexity index is 836. The van der Waals surface area contributed by atoms with E-state index in [1.807, 2.05) is 24.3 Å². The van der Waals surface area contributed by atoms with E-state index in [0.717, 1.165) is 18.5 Å². The van der Waals surface area contributed by atoms with Gasteiger partial charge in [0.1, 0.15) is 0 Å². The van der Waals surface area contributed by atoms with E-state index in [1.54, 1.807) is 14.2 Å². The van der Waals surface area contributed by atoms with Gasteiger partial charge in [-0.25, -0.2) is 0 Å². The van der Waals surface area contributed by atoms with Gasteiger partial charge in [0, 0.05) is 36.5 Å². The highest BCUT2D eigenvalue weighted by Crippen LogP contribution is 2.30. The number of methoxy groups -OCH3 is 2. The number of nitrogens with two attached hydrogens (primary N) is 1. The van der Waals surface area contributed by atoms with Crippen molar-refractivity contribution >= 4 is 11.6 Å². The molecule has 30 heavy (non-hydrogen) atoms. The Hall–Kier alpha value is -2.77. The normalized spacial score (nSPS) is 17.2. The Labute approximate surface area is 178 Å². The molecule has 2 aromatic carbocycles. The van der Waals surface area contributed by atoms with Crippen LogP contribution in [0.3, 0.4) is 0 Å². The summed E-state index contributed by atoms with van der Waals surface area (Å²) in [6.07, 6.45) is 1.77. The van der Waals surface area contributed by atoms with Gasteiger partial charge in [-0.05, 0) is 37.5 Å². The number of guanidine groups is 1. The van der Waals surface area contributed by atoms with Crippen LogP contribution in [0.25, 0.3) is 0 Å². The first-order valence-corrected chi connectivity index (χ1v) is 10.2. The molecule has 0 bridgehead atoms. The predicted octanol–water partition coefficient (Wildman–Crippen LogP) is 3.33. The molecule has 1 aliphatic heterocycles. The number of benzene rings is 2. The molecule has 1 saturated heterocycles. The number of aliphatic imine (C=N–C) groups is 1. The molecule has 0 saturated carbocycles. The van der Waals surface area contributed by atoms with Gasteiger partial charge in [0.05, 0.1) is 20.8 Å². The Morgan fingerprint density at radius 3 is 2.47 bits per heavy atom. The number of nitrogens with zero attached hydrogens (tertiary/aromatic N) is 1. The number of ether oxygens (including phenoxy) is 3. The maximum Gasteiger partial charge on any atom is 0.193 e. The van der Waals surface area contributed by atoms with Gasteiger partial charge in [0.15, 0.2) is 17.5 Å². The van der Waals surface area contributed by atoms with Gasteiger partial charge in [-0.1, -0.05) is 30.3 Å². The second-order valence-corrected chi connectivity index (χ2v) is 7.57. The molecule has 1 heterocycles. The predicted molar refractivity (Wildman–Crippen MR) is 120 cm³/mol. The van der Waals surface area contributed by atoms with Gasteiger partial charge in [-0.15, -0.1) is 0 Å². The van der Waals surface area contributed by atoms with E-state index in [2.05, 4.69) is 46.8 Å². The highest BCUT2D eigenvalue weighted by atomic mass is 16.5. The Kier molecular flexibility index (Phi) is 7.54. The highest BCUT2D eigenvalue weighted by Gasteiger charge is 2.33. The summed E-state index contributed by atoms with van der Waals surface area (Å²) < 4.78 is 16.2. The van der Waals surface area contributed by atoms with E-state index in [9.17, 15) is 0 Å². The summed E-state index contributed by atoms with van der Waals surface area (Å²) >= 11 is 0. The summed E-state index contributed by atoms with van der Waals surface area (Å²) in [5.74, 6) is 1.66. The standard InChI is InChI=1S/C23H32N4O3/c1-17(18-7-5-4-6-8-18)27-23(11-13-30-14-12-23)16-25-22(24)26-19-9-10-20(28-2)21(15-19)29-3/h4-10,15,17,27H,11-14,16H2,1-3H3,(H3,24,25,26). The number of rotatable bonds is 8. The molecule has 1 atom stereocenters. The van der Waals surface area contributed by atoms with E-state index >= 15 is 0 Å². The van der Waals surface area contributed by atoms with Crippen LogP contribution >= 0.6 is 0 Å². The second kappa shape index (κ2) is 10.3. The van der Waals surface area contributed by atoms with Crippen LogP contribution < -0.4 is 25.8 Å². The first-order chi connectivity index (χ1) is 14.5. The summed E-state index contributed by atoms with van der Waals surface area (Å²) in [5.41, 5.74) is 8.08. The average Bonchev–Trinajstić information content (AvgIpc) is 2.79. The largest absolute Gasteiger partial charge is 0.493 e. The van der Waals surface area contributed by atoms with Crippen LogP contribution in [0.5, 0.6) is 11.5 Å². The SMILES string of the molecule is COc1ccc(NC(N)=NCC2(NC(C)c3ccccc3)CCOCC2)cc1OC. The molecule has 2 aromatic rings. The van der Waals surface area contributed by atoms with Crippen LogP contribution in [0.1, 0.15) is 31.4 Å². The monoisotopic (exact) mass is 412 g/mol. The molecule has 0 amide bonds. The third-order valence-electron chi connectivity index (χ3n) is 5.48. The van der Waals surface area contributed by atoms with Crippen LogP contribution in [0.15, 0.2) is 53.5 Å². The minimum absolute atomic E-state index is 0.155. The number of hydrogen-bond donors (Lipinski definition) is 3. The number of nitrogens with one attached hydrogen (secondary N) is 2. The van der Waals surface area contributed by atoms with Crippen LogP contribution in [0, 0.1) is 0 Å². The molecule has 0 aliphatic carbocycles. The molecule has 1 unspecified atom stereocenters. The Morgan fingerprint density at radius 1 is 1.10 bits per heavy atom. The van der Waals surface area contributed by atoms with Gasteiger partial charge in [0.25, 0.3) is 0 Å². The molecule has 1 aliphatic rings. The lowest BCUT2D eigenvalue weighted by Gasteiger charge is -2.39. The maximum absolute atomic E-state index is 6.19. The lowest BCUT2D eigenvalue weighted by Crippen LogP contribution is -2.53.